The van der Waals surface area contributed by atoms with E-state index >= 15 is 0 Å². The zero-order valence-corrected chi connectivity index (χ0v) is 12.1. The van der Waals surface area contributed by atoms with Crippen molar-refractivity contribution < 1.29 is 9.53 Å². The van der Waals surface area contributed by atoms with Crippen molar-refractivity contribution in [2.45, 2.75) is 46.1 Å². The summed E-state index contributed by atoms with van der Waals surface area (Å²) in [6, 6.07) is 5.77. The Labute approximate surface area is 115 Å². The largest absolute Gasteiger partial charge is 0.486 e. The highest BCUT2D eigenvalue weighted by molar-refractivity contribution is 5.95. The summed E-state index contributed by atoms with van der Waals surface area (Å²) in [5.74, 6) is 1.02. The third-order valence-electron chi connectivity index (χ3n) is 3.66. The molecule has 0 N–H and O–H groups in total. The maximum Gasteiger partial charge on any atom is 0.159 e. The first kappa shape index (κ1) is 13.9. The zero-order valence-electron chi connectivity index (χ0n) is 12.1. The Kier molecular flexibility index (Phi) is 4.46. The first-order valence-electron chi connectivity index (χ1n) is 7.22. The van der Waals surface area contributed by atoms with Crippen molar-refractivity contribution in [2.75, 3.05) is 18.0 Å². The average molecular weight is 261 g/mol. The van der Waals surface area contributed by atoms with Gasteiger partial charge in [0.05, 0.1) is 12.2 Å². The van der Waals surface area contributed by atoms with Crippen LogP contribution in [0.3, 0.4) is 0 Å². The van der Waals surface area contributed by atoms with Crippen LogP contribution in [-0.2, 0) is 0 Å². The number of nitrogens with zero attached hydrogens (tertiary/aromatic N) is 1. The van der Waals surface area contributed by atoms with Crippen LogP contribution < -0.4 is 9.64 Å². The van der Waals surface area contributed by atoms with E-state index in [1.807, 2.05) is 18.2 Å². The molecule has 3 nitrogen and oxygen atoms in total. The summed E-state index contributed by atoms with van der Waals surface area (Å²) in [5, 5.41) is 0. The van der Waals surface area contributed by atoms with E-state index in [0.717, 1.165) is 36.5 Å². The lowest BCUT2D eigenvalue weighted by Gasteiger charge is -2.36. The molecule has 1 heterocycles. The second-order valence-corrected chi connectivity index (χ2v) is 5.19. The van der Waals surface area contributed by atoms with E-state index in [0.29, 0.717) is 0 Å². The normalized spacial score (nSPS) is 17.8. The van der Waals surface area contributed by atoms with Crippen molar-refractivity contribution in [3.8, 4) is 5.75 Å². The summed E-state index contributed by atoms with van der Waals surface area (Å²) in [6.07, 6.45) is 3.61. The first-order valence-corrected chi connectivity index (χ1v) is 7.22. The molecule has 0 amide bonds. The molecule has 3 heteroatoms. The van der Waals surface area contributed by atoms with Gasteiger partial charge in [0, 0.05) is 12.1 Å². The Bertz CT molecular complexity index is 456. The smallest absolute Gasteiger partial charge is 0.159 e. The van der Waals surface area contributed by atoms with E-state index in [4.69, 9.17) is 4.74 Å². The number of carbonyl (C=O) groups is 1. The fraction of sp³-hybridized carbons (Fsp3) is 0.562. The zero-order chi connectivity index (χ0) is 13.8. The van der Waals surface area contributed by atoms with Crippen molar-refractivity contribution in [1.82, 2.24) is 0 Å². The van der Waals surface area contributed by atoms with Crippen molar-refractivity contribution in [1.29, 1.82) is 0 Å². The molecular weight excluding hydrogens is 238 g/mol. The van der Waals surface area contributed by atoms with Crippen LogP contribution in [0.2, 0.25) is 0 Å². The average Bonchev–Trinajstić information content (AvgIpc) is 2.43. The van der Waals surface area contributed by atoms with Crippen LogP contribution in [0.1, 0.15) is 50.4 Å². The van der Waals surface area contributed by atoms with Gasteiger partial charge in [-0.15, -0.1) is 0 Å². The third kappa shape index (κ3) is 3.09. The number of hydrogen-bond donors (Lipinski definition) is 0. The van der Waals surface area contributed by atoms with Gasteiger partial charge in [-0.3, -0.25) is 4.79 Å². The summed E-state index contributed by atoms with van der Waals surface area (Å²) in [6.45, 7) is 7.91. The minimum atomic E-state index is 0.107. The number of unbranched alkanes of at least 4 members (excludes halogenated alkanes) is 1. The highest BCUT2D eigenvalue weighted by Crippen LogP contribution is 2.35. The summed E-state index contributed by atoms with van der Waals surface area (Å²) < 4.78 is 5.97. The van der Waals surface area contributed by atoms with E-state index in [1.54, 1.807) is 6.92 Å². The second kappa shape index (κ2) is 6.09. The molecule has 0 saturated carbocycles. The van der Waals surface area contributed by atoms with Gasteiger partial charge in [0.1, 0.15) is 11.9 Å². The summed E-state index contributed by atoms with van der Waals surface area (Å²) >= 11 is 0. The standard InChI is InChI=1S/C16H23NO2/c1-4-6-9-17-11-14(5-2)19-16-8-7-13(12(3)18)10-15(16)17/h7-8,10,14H,4-6,9,11H2,1-3H3. The number of benzene rings is 1. The monoisotopic (exact) mass is 261 g/mol. The lowest BCUT2D eigenvalue weighted by molar-refractivity contribution is 0.101. The van der Waals surface area contributed by atoms with Crippen molar-refractivity contribution >= 4 is 11.5 Å². The minimum Gasteiger partial charge on any atom is -0.486 e. The highest BCUT2D eigenvalue weighted by atomic mass is 16.5. The summed E-state index contributed by atoms with van der Waals surface area (Å²) in [4.78, 5) is 13.9. The quantitative estimate of drug-likeness (QED) is 0.757. The van der Waals surface area contributed by atoms with Crippen LogP contribution >= 0.6 is 0 Å². The predicted octanol–water partition coefficient (Wildman–Crippen LogP) is 3.67. The number of Topliss-reactive ketones (excluding diaryl/α,β-unsaturated/α-hetero) is 1. The molecule has 0 aromatic heterocycles. The molecule has 1 aliphatic heterocycles. The Morgan fingerprint density at radius 1 is 1.42 bits per heavy atom. The summed E-state index contributed by atoms with van der Waals surface area (Å²) in [7, 11) is 0. The Hall–Kier alpha value is -1.51. The number of anilines is 1. The number of rotatable bonds is 5. The molecular formula is C16H23NO2. The first-order chi connectivity index (χ1) is 9.15. The van der Waals surface area contributed by atoms with Gasteiger partial charge in [-0.05, 0) is 38.0 Å². The Morgan fingerprint density at radius 2 is 2.21 bits per heavy atom. The fourth-order valence-electron chi connectivity index (χ4n) is 2.42. The van der Waals surface area contributed by atoms with Crippen LogP contribution in [0.15, 0.2) is 18.2 Å². The molecule has 0 fully saturated rings. The van der Waals surface area contributed by atoms with E-state index in [1.165, 1.54) is 12.8 Å². The second-order valence-electron chi connectivity index (χ2n) is 5.19. The maximum absolute atomic E-state index is 11.5. The van der Waals surface area contributed by atoms with Crippen molar-refractivity contribution in [3.63, 3.8) is 0 Å². The number of ether oxygens (including phenoxy) is 1. The molecule has 0 spiro atoms. The van der Waals surface area contributed by atoms with Crippen LogP contribution in [0, 0.1) is 0 Å². The number of carbonyl (C=O) groups excluding carboxylic acids is 1. The molecule has 2 rings (SSSR count). The number of ketones is 1. The molecule has 1 aromatic carbocycles. The minimum absolute atomic E-state index is 0.107. The van der Waals surface area contributed by atoms with Gasteiger partial charge in [0.25, 0.3) is 0 Å². The lowest BCUT2D eigenvalue weighted by atomic mass is 10.1. The molecule has 104 valence electrons. The predicted molar refractivity (Wildman–Crippen MR) is 78.3 cm³/mol. The molecule has 1 unspecified atom stereocenters. The molecule has 0 aliphatic carbocycles. The van der Waals surface area contributed by atoms with Gasteiger partial charge >= 0.3 is 0 Å². The van der Waals surface area contributed by atoms with Gasteiger partial charge in [0.15, 0.2) is 5.78 Å². The number of fused-ring (bicyclic) bond motifs is 1. The van der Waals surface area contributed by atoms with Gasteiger partial charge in [0.2, 0.25) is 0 Å². The van der Waals surface area contributed by atoms with Crippen LogP contribution in [0.25, 0.3) is 0 Å². The lowest BCUT2D eigenvalue weighted by Crippen LogP contribution is -2.40. The fourth-order valence-corrected chi connectivity index (χ4v) is 2.42. The van der Waals surface area contributed by atoms with E-state index < -0.39 is 0 Å². The van der Waals surface area contributed by atoms with Gasteiger partial charge in [-0.1, -0.05) is 20.3 Å². The molecule has 0 radical (unpaired) electrons. The molecule has 0 bridgehead atoms. The maximum atomic E-state index is 11.5. The van der Waals surface area contributed by atoms with Crippen LogP contribution in [-0.4, -0.2) is 25.0 Å². The van der Waals surface area contributed by atoms with Gasteiger partial charge in [-0.2, -0.15) is 0 Å². The van der Waals surface area contributed by atoms with Gasteiger partial charge < -0.3 is 9.64 Å². The van der Waals surface area contributed by atoms with Crippen molar-refractivity contribution in [2.24, 2.45) is 0 Å². The topological polar surface area (TPSA) is 29.5 Å². The van der Waals surface area contributed by atoms with E-state index in [9.17, 15) is 4.79 Å². The molecule has 1 atom stereocenters. The van der Waals surface area contributed by atoms with Crippen molar-refractivity contribution in [3.05, 3.63) is 23.8 Å². The van der Waals surface area contributed by atoms with Crippen LogP contribution in [0.5, 0.6) is 5.75 Å². The molecule has 0 saturated heterocycles. The molecule has 1 aliphatic rings. The third-order valence-corrected chi connectivity index (χ3v) is 3.66. The number of hydrogen-bond acceptors (Lipinski definition) is 3. The van der Waals surface area contributed by atoms with E-state index in [2.05, 4.69) is 18.7 Å². The molecule has 19 heavy (non-hydrogen) atoms. The highest BCUT2D eigenvalue weighted by Gasteiger charge is 2.24. The van der Waals surface area contributed by atoms with E-state index in [-0.39, 0.29) is 11.9 Å². The van der Waals surface area contributed by atoms with Crippen LogP contribution in [0.4, 0.5) is 5.69 Å². The Morgan fingerprint density at radius 3 is 2.84 bits per heavy atom. The van der Waals surface area contributed by atoms with Gasteiger partial charge in [-0.25, -0.2) is 0 Å². The summed E-state index contributed by atoms with van der Waals surface area (Å²) in [5.41, 5.74) is 1.84. The Balaban J connectivity index is 2.30. The molecule has 1 aromatic rings. The SMILES string of the molecule is CCCCN1CC(CC)Oc2ccc(C(C)=O)cc21.